The first-order chi connectivity index (χ1) is 6.57. The molecule has 0 aliphatic rings. The Morgan fingerprint density at radius 1 is 1.29 bits per heavy atom. The van der Waals surface area contributed by atoms with Crippen molar-refractivity contribution in [1.29, 1.82) is 0 Å². The fraction of sp³-hybridized carbons (Fsp3) is 0.200. The molecule has 0 radical (unpaired) electrons. The Morgan fingerprint density at radius 2 is 1.71 bits per heavy atom. The molecule has 0 spiro atoms. The molecule has 0 amide bonds. The summed E-state index contributed by atoms with van der Waals surface area (Å²) in [5, 5.41) is 15.7. The lowest BCUT2D eigenvalue weighted by atomic mass is 10.2. The van der Waals surface area contributed by atoms with Gasteiger partial charge in [0.2, 0.25) is 6.29 Å². The van der Waals surface area contributed by atoms with E-state index in [-0.39, 0.29) is 0 Å². The molecule has 0 unspecified atom stereocenters. The molecule has 4 nitrogen and oxygen atoms in total. The number of carbonyl (C=O) groups excluding carboxylic acids is 2. The average molecular weight is 196 g/mol. The van der Waals surface area contributed by atoms with Crippen molar-refractivity contribution < 1.29 is 19.8 Å². The number of hydrogen-bond acceptors (Lipinski definition) is 4. The van der Waals surface area contributed by atoms with Crippen LogP contribution in [0, 0.1) is 0 Å². The maximum absolute atomic E-state index is 10.0. The number of hydrogen-bond donors (Lipinski definition) is 2. The molecule has 0 saturated heterocycles. The van der Waals surface area contributed by atoms with Crippen molar-refractivity contribution >= 4 is 12.1 Å². The van der Waals surface area contributed by atoms with Crippen molar-refractivity contribution in [1.82, 2.24) is 0 Å². The monoisotopic (exact) mass is 196 g/mol. The maximum Gasteiger partial charge on any atom is 0.212 e. The molecule has 2 N–H and O–H groups in total. The van der Waals surface area contributed by atoms with Crippen LogP contribution in [-0.4, -0.2) is 28.6 Å². The Hall–Kier alpha value is -1.52. The minimum absolute atomic E-state index is 0.630. The largest absolute Gasteiger partial charge is 0.362 e. The zero-order valence-electron chi connectivity index (χ0n) is 7.75. The van der Waals surface area contributed by atoms with Gasteiger partial charge in [0.05, 0.1) is 0 Å². The molecular weight excluding hydrogens is 184 g/mol. The van der Waals surface area contributed by atoms with Crippen LogP contribution in [0.25, 0.3) is 0 Å². The third-order valence-corrected chi connectivity index (χ3v) is 1.30. The van der Waals surface area contributed by atoms with Gasteiger partial charge in [-0.1, -0.05) is 30.3 Å². The summed E-state index contributed by atoms with van der Waals surface area (Å²) in [4.78, 5) is 19.6. The summed E-state index contributed by atoms with van der Waals surface area (Å²) in [6, 6.07) is 9.10. The Kier molecular flexibility index (Phi) is 6.19. The van der Waals surface area contributed by atoms with Crippen LogP contribution in [0.1, 0.15) is 17.3 Å². The van der Waals surface area contributed by atoms with E-state index in [1.807, 2.05) is 18.2 Å². The summed E-state index contributed by atoms with van der Waals surface area (Å²) < 4.78 is 0. The molecule has 0 fully saturated rings. The van der Waals surface area contributed by atoms with Gasteiger partial charge in [-0.3, -0.25) is 9.59 Å². The van der Waals surface area contributed by atoms with Crippen molar-refractivity contribution in [3.8, 4) is 0 Å². The molecular formula is C10H12O4. The second-order valence-electron chi connectivity index (χ2n) is 2.51. The number of ketones is 1. The van der Waals surface area contributed by atoms with Crippen LogP contribution >= 0.6 is 0 Å². The van der Waals surface area contributed by atoms with E-state index in [0.717, 1.165) is 18.8 Å². The lowest BCUT2D eigenvalue weighted by Gasteiger charge is -1.90. The number of benzene rings is 1. The first kappa shape index (κ1) is 12.5. The Balaban J connectivity index is 0.000000255. The van der Waals surface area contributed by atoms with Crippen LogP contribution in [0.3, 0.4) is 0 Å². The smallest absolute Gasteiger partial charge is 0.212 e. The van der Waals surface area contributed by atoms with Crippen LogP contribution in [0.4, 0.5) is 0 Å². The van der Waals surface area contributed by atoms with E-state index < -0.39 is 12.1 Å². The quantitative estimate of drug-likeness (QED) is 0.530. The zero-order chi connectivity index (χ0) is 11.0. The van der Waals surface area contributed by atoms with E-state index in [4.69, 9.17) is 10.2 Å². The highest BCUT2D eigenvalue weighted by Crippen LogP contribution is 1.91. The standard InChI is InChI=1S/C7H6O.C3H6O3/c8-6-7-4-2-1-3-5-7;1-2(4)3(5)6/h1-6H;3,5-6H,1H3. The molecule has 1 aromatic carbocycles. The molecule has 0 heterocycles. The third kappa shape index (κ3) is 6.05. The summed E-state index contributed by atoms with van der Waals surface area (Å²) in [5.41, 5.74) is 0.729. The van der Waals surface area contributed by atoms with E-state index in [1.54, 1.807) is 12.1 Å². The number of rotatable bonds is 2. The van der Waals surface area contributed by atoms with Gasteiger partial charge in [0.1, 0.15) is 6.29 Å². The van der Waals surface area contributed by atoms with Crippen molar-refractivity contribution in [2.45, 2.75) is 13.2 Å². The number of carbonyl (C=O) groups is 2. The molecule has 1 aromatic rings. The van der Waals surface area contributed by atoms with Crippen LogP contribution in [-0.2, 0) is 4.79 Å². The van der Waals surface area contributed by atoms with Crippen molar-refractivity contribution in [2.24, 2.45) is 0 Å². The molecule has 1 rings (SSSR count). The molecule has 0 aliphatic heterocycles. The molecule has 14 heavy (non-hydrogen) atoms. The van der Waals surface area contributed by atoms with Gasteiger partial charge < -0.3 is 10.2 Å². The number of aliphatic hydroxyl groups is 2. The Labute approximate surface area is 81.8 Å². The van der Waals surface area contributed by atoms with Crippen LogP contribution in [0.5, 0.6) is 0 Å². The predicted octanol–water partition coefficient (Wildman–Crippen LogP) is 0.385. The van der Waals surface area contributed by atoms with Gasteiger partial charge in [-0.25, -0.2) is 0 Å². The fourth-order valence-electron chi connectivity index (χ4n) is 0.532. The Morgan fingerprint density at radius 3 is 1.93 bits per heavy atom. The summed E-state index contributed by atoms with van der Waals surface area (Å²) in [6.45, 7) is 1.10. The van der Waals surface area contributed by atoms with E-state index in [0.29, 0.717) is 0 Å². The molecule has 0 atom stereocenters. The fourth-order valence-corrected chi connectivity index (χ4v) is 0.532. The van der Waals surface area contributed by atoms with Gasteiger partial charge in [0.25, 0.3) is 0 Å². The minimum atomic E-state index is -1.79. The van der Waals surface area contributed by atoms with Gasteiger partial charge in [-0.05, 0) is 6.92 Å². The average Bonchev–Trinajstić information content (AvgIpc) is 2.20. The van der Waals surface area contributed by atoms with Crippen molar-refractivity contribution in [3.05, 3.63) is 35.9 Å². The highest BCUT2D eigenvalue weighted by molar-refractivity contribution is 5.78. The van der Waals surface area contributed by atoms with Gasteiger partial charge in [-0.15, -0.1) is 0 Å². The SMILES string of the molecule is CC(=O)C(O)O.O=Cc1ccccc1. The van der Waals surface area contributed by atoms with Gasteiger partial charge in [0.15, 0.2) is 5.78 Å². The third-order valence-electron chi connectivity index (χ3n) is 1.30. The summed E-state index contributed by atoms with van der Waals surface area (Å²) >= 11 is 0. The van der Waals surface area contributed by atoms with Gasteiger partial charge >= 0.3 is 0 Å². The van der Waals surface area contributed by atoms with Crippen LogP contribution in [0.2, 0.25) is 0 Å². The second-order valence-corrected chi connectivity index (χ2v) is 2.51. The van der Waals surface area contributed by atoms with E-state index in [9.17, 15) is 9.59 Å². The summed E-state index contributed by atoms with van der Waals surface area (Å²) in [7, 11) is 0. The van der Waals surface area contributed by atoms with Gasteiger partial charge in [0, 0.05) is 5.56 Å². The lowest BCUT2D eigenvalue weighted by Crippen LogP contribution is -2.14. The van der Waals surface area contributed by atoms with Crippen LogP contribution in [0.15, 0.2) is 30.3 Å². The van der Waals surface area contributed by atoms with Crippen molar-refractivity contribution in [2.75, 3.05) is 0 Å². The number of aliphatic hydroxyl groups excluding tert-OH is 1. The number of aldehydes is 1. The second kappa shape index (κ2) is 6.94. The first-order valence-electron chi connectivity index (χ1n) is 3.94. The topological polar surface area (TPSA) is 74.6 Å². The highest BCUT2D eigenvalue weighted by Gasteiger charge is 1.99. The zero-order valence-corrected chi connectivity index (χ0v) is 7.75. The van der Waals surface area contributed by atoms with Gasteiger partial charge in [-0.2, -0.15) is 0 Å². The molecule has 0 aliphatic carbocycles. The van der Waals surface area contributed by atoms with E-state index in [2.05, 4.69) is 0 Å². The van der Waals surface area contributed by atoms with E-state index in [1.165, 1.54) is 0 Å². The van der Waals surface area contributed by atoms with Crippen molar-refractivity contribution in [3.63, 3.8) is 0 Å². The molecule has 0 aromatic heterocycles. The molecule has 4 heteroatoms. The molecule has 0 bridgehead atoms. The Bertz CT molecular complexity index is 279. The first-order valence-corrected chi connectivity index (χ1v) is 3.94. The normalized spacial score (nSPS) is 8.86. The van der Waals surface area contributed by atoms with E-state index >= 15 is 0 Å². The maximum atomic E-state index is 10.0. The molecule has 76 valence electrons. The predicted molar refractivity (Wildman–Crippen MR) is 50.7 cm³/mol. The summed E-state index contributed by atoms with van der Waals surface area (Å²) in [6.07, 6.45) is -0.954. The van der Waals surface area contributed by atoms with Crippen LogP contribution < -0.4 is 0 Å². The molecule has 0 saturated carbocycles. The summed E-state index contributed by atoms with van der Waals surface area (Å²) in [5.74, 6) is -0.630. The highest BCUT2D eigenvalue weighted by atomic mass is 16.5. The minimum Gasteiger partial charge on any atom is -0.362 e. The lowest BCUT2D eigenvalue weighted by molar-refractivity contribution is -0.142. The number of Topliss-reactive ketones (excluding diaryl/α,β-unsaturated/α-hetero) is 1.